The van der Waals surface area contributed by atoms with Gasteiger partial charge in [-0.15, -0.1) is 12.4 Å². The molecule has 2 aliphatic rings. The zero-order valence-electron chi connectivity index (χ0n) is 14.6. The Labute approximate surface area is 156 Å². The first-order chi connectivity index (χ1) is 11.4. The van der Waals surface area contributed by atoms with E-state index in [0.717, 1.165) is 19.3 Å². The highest BCUT2D eigenvalue weighted by molar-refractivity contribution is 7.92. The second kappa shape index (κ2) is 8.06. The van der Waals surface area contributed by atoms with Crippen LogP contribution in [0.25, 0.3) is 0 Å². The summed E-state index contributed by atoms with van der Waals surface area (Å²) in [6.45, 7) is 1.64. The Balaban J connectivity index is 0.00000225. The molecule has 2 N–H and O–H groups in total. The van der Waals surface area contributed by atoms with Crippen LogP contribution in [0.15, 0.2) is 24.3 Å². The molecule has 1 aliphatic heterocycles. The van der Waals surface area contributed by atoms with E-state index in [0.29, 0.717) is 32.5 Å². The highest BCUT2D eigenvalue weighted by Crippen LogP contribution is 2.32. The Kier molecular flexibility index (Phi) is 6.51. The minimum atomic E-state index is -3.45. The fourth-order valence-corrected chi connectivity index (χ4v) is 5.40. The molecular weight excluding hydrogens is 360 g/mol. The molecule has 7 heteroatoms. The van der Waals surface area contributed by atoms with Crippen LogP contribution < -0.4 is 10.6 Å². The third-order valence-corrected chi connectivity index (χ3v) is 7.55. The Bertz CT molecular complexity index is 715. The van der Waals surface area contributed by atoms with E-state index in [2.05, 4.69) is 22.8 Å². The van der Waals surface area contributed by atoms with Gasteiger partial charge in [-0.05, 0) is 56.3 Å². The average Bonchev–Trinajstić information content (AvgIpc) is 2.59. The van der Waals surface area contributed by atoms with Crippen molar-refractivity contribution in [3.05, 3.63) is 35.4 Å². The topological polar surface area (TPSA) is 75.3 Å². The predicted octanol–water partition coefficient (Wildman–Crippen LogP) is 1.81. The van der Waals surface area contributed by atoms with Crippen LogP contribution in [0, 0.1) is 0 Å². The molecule has 3 rings (SSSR count). The fourth-order valence-electron chi connectivity index (χ4n) is 4.04. The summed E-state index contributed by atoms with van der Waals surface area (Å²) in [6.07, 6.45) is 5.11. The zero-order chi connectivity index (χ0) is 17.2. The number of rotatable bonds is 4. The van der Waals surface area contributed by atoms with Gasteiger partial charge in [0.25, 0.3) is 0 Å². The number of aryl methyl sites for hydroxylation is 1. The van der Waals surface area contributed by atoms with Gasteiger partial charge in [0.2, 0.25) is 5.91 Å². The van der Waals surface area contributed by atoms with Crippen LogP contribution in [0.4, 0.5) is 0 Å². The number of fused-ring (bicyclic) bond motifs is 1. The smallest absolute Gasteiger partial charge is 0.241 e. The molecule has 5 nitrogen and oxygen atoms in total. The van der Waals surface area contributed by atoms with Crippen LogP contribution in [0.1, 0.15) is 42.7 Å². The number of amides is 1. The molecule has 0 aromatic heterocycles. The zero-order valence-corrected chi connectivity index (χ0v) is 16.2. The summed E-state index contributed by atoms with van der Waals surface area (Å²) in [5.74, 6) is -0.0493. The molecule has 1 aromatic carbocycles. The van der Waals surface area contributed by atoms with Gasteiger partial charge in [0.05, 0.1) is 0 Å². The van der Waals surface area contributed by atoms with Gasteiger partial charge in [-0.25, -0.2) is 8.42 Å². The van der Waals surface area contributed by atoms with Gasteiger partial charge >= 0.3 is 0 Å². The quantitative estimate of drug-likeness (QED) is 0.827. The predicted molar refractivity (Wildman–Crippen MR) is 102 cm³/mol. The molecule has 1 aromatic rings. The lowest BCUT2D eigenvalue weighted by atomic mass is 9.82. The lowest BCUT2D eigenvalue weighted by Crippen LogP contribution is -2.57. The van der Waals surface area contributed by atoms with Crippen molar-refractivity contribution in [1.82, 2.24) is 10.6 Å². The number of benzene rings is 1. The van der Waals surface area contributed by atoms with Gasteiger partial charge in [-0.2, -0.15) is 0 Å². The normalized spacial score (nSPS) is 22.4. The SMILES string of the molecule is CS(=O)(=O)C1(C(=O)NCC2CCCc3ccccc32)CCNCC1.Cl. The first-order valence-electron chi connectivity index (χ1n) is 8.70. The Morgan fingerprint density at radius 1 is 1.28 bits per heavy atom. The van der Waals surface area contributed by atoms with Crippen LogP contribution in [0.3, 0.4) is 0 Å². The molecule has 0 radical (unpaired) electrons. The first kappa shape index (κ1) is 20.2. The van der Waals surface area contributed by atoms with Crippen molar-refractivity contribution >= 4 is 28.2 Å². The number of piperidine rings is 1. The largest absolute Gasteiger partial charge is 0.354 e. The molecule has 1 atom stereocenters. The molecule has 0 spiro atoms. The van der Waals surface area contributed by atoms with Crippen LogP contribution >= 0.6 is 12.4 Å². The standard InChI is InChI=1S/C18H26N2O3S.ClH/c1-24(22,23)18(9-11-19-12-10-18)17(21)20-13-15-7-4-6-14-5-2-3-8-16(14)15;/h2-3,5,8,15,19H,4,6-7,9-13H2,1H3,(H,20,21);1H. The molecule has 25 heavy (non-hydrogen) atoms. The maximum atomic E-state index is 12.8. The van der Waals surface area contributed by atoms with Crippen molar-refractivity contribution < 1.29 is 13.2 Å². The van der Waals surface area contributed by atoms with E-state index in [1.807, 2.05) is 12.1 Å². The van der Waals surface area contributed by atoms with Crippen LogP contribution in [0.5, 0.6) is 0 Å². The summed E-state index contributed by atoms with van der Waals surface area (Å²) >= 11 is 0. The number of sulfone groups is 1. The minimum absolute atomic E-state index is 0. The summed E-state index contributed by atoms with van der Waals surface area (Å²) in [5.41, 5.74) is 2.64. The summed E-state index contributed by atoms with van der Waals surface area (Å²) < 4.78 is 23.3. The fraction of sp³-hybridized carbons (Fsp3) is 0.611. The van der Waals surface area contributed by atoms with Crippen LogP contribution in [-0.4, -0.2) is 45.0 Å². The molecule has 1 aliphatic carbocycles. The van der Waals surface area contributed by atoms with Crippen molar-refractivity contribution in [2.75, 3.05) is 25.9 Å². The molecule has 0 bridgehead atoms. The highest BCUT2D eigenvalue weighted by Gasteiger charge is 2.48. The first-order valence-corrected chi connectivity index (χ1v) is 10.6. The van der Waals surface area contributed by atoms with Gasteiger partial charge < -0.3 is 10.6 Å². The van der Waals surface area contributed by atoms with Crippen molar-refractivity contribution in [1.29, 1.82) is 0 Å². The second-order valence-corrected chi connectivity index (χ2v) is 9.34. The van der Waals surface area contributed by atoms with E-state index in [1.165, 1.54) is 17.4 Å². The monoisotopic (exact) mass is 386 g/mol. The molecule has 1 saturated heterocycles. The van der Waals surface area contributed by atoms with Crippen molar-refractivity contribution in [2.24, 2.45) is 0 Å². The van der Waals surface area contributed by atoms with E-state index < -0.39 is 14.6 Å². The Morgan fingerprint density at radius 2 is 1.96 bits per heavy atom. The molecule has 1 amide bonds. The van der Waals surface area contributed by atoms with E-state index in [-0.39, 0.29) is 24.2 Å². The van der Waals surface area contributed by atoms with Crippen LogP contribution in [-0.2, 0) is 21.1 Å². The van der Waals surface area contributed by atoms with Crippen molar-refractivity contribution in [2.45, 2.75) is 42.8 Å². The second-order valence-electron chi connectivity index (χ2n) is 7.01. The van der Waals surface area contributed by atoms with Gasteiger partial charge in [0.15, 0.2) is 14.6 Å². The molecule has 1 fully saturated rings. The lowest BCUT2D eigenvalue weighted by Gasteiger charge is -2.35. The third kappa shape index (κ3) is 4.01. The molecule has 0 saturated carbocycles. The summed E-state index contributed by atoms with van der Waals surface area (Å²) in [6, 6.07) is 8.35. The highest BCUT2D eigenvalue weighted by atomic mass is 35.5. The number of halogens is 1. The Hall–Kier alpha value is -1.11. The van der Waals surface area contributed by atoms with E-state index in [9.17, 15) is 13.2 Å². The van der Waals surface area contributed by atoms with Gasteiger partial charge in [-0.1, -0.05) is 24.3 Å². The number of carbonyl (C=O) groups is 1. The molecule has 1 unspecified atom stereocenters. The summed E-state index contributed by atoms with van der Waals surface area (Å²) in [5, 5.41) is 6.10. The number of nitrogens with one attached hydrogen (secondary N) is 2. The molecule has 1 heterocycles. The van der Waals surface area contributed by atoms with Crippen LogP contribution in [0.2, 0.25) is 0 Å². The third-order valence-electron chi connectivity index (χ3n) is 5.54. The summed E-state index contributed by atoms with van der Waals surface area (Å²) in [7, 11) is -3.45. The maximum Gasteiger partial charge on any atom is 0.241 e. The average molecular weight is 387 g/mol. The van der Waals surface area contributed by atoms with Gasteiger partial charge in [0.1, 0.15) is 0 Å². The van der Waals surface area contributed by atoms with E-state index in [4.69, 9.17) is 0 Å². The van der Waals surface area contributed by atoms with Crippen molar-refractivity contribution in [3.63, 3.8) is 0 Å². The van der Waals surface area contributed by atoms with E-state index in [1.54, 1.807) is 0 Å². The Morgan fingerprint density at radius 3 is 2.64 bits per heavy atom. The molecular formula is C18H27ClN2O3S. The van der Waals surface area contributed by atoms with Crippen molar-refractivity contribution in [3.8, 4) is 0 Å². The lowest BCUT2D eigenvalue weighted by molar-refractivity contribution is -0.124. The summed E-state index contributed by atoms with van der Waals surface area (Å²) in [4.78, 5) is 12.8. The van der Waals surface area contributed by atoms with E-state index >= 15 is 0 Å². The number of hydrogen-bond donors (Lipinski definition) is 2. The van der Waals surface area contributed by atoms with Gasteiger partial charge in [0, 0.05) is 18.7 Å². The molecule has 140 valence electrons. The maximum absolute atomic E-state index is 12.8. The van der Waals surface area contributed by atoms with Gasteiger partial charge in [-0.3, -0.25) is 4.79 Å². The minimum Gasteiger partial charge on any atom is -0.354 e. The number of carbonyl (C=O) groups excluding carboxylic acids is 1. The number of hydrogen-bond acceptors (Lipinski definition) is 4.